The molecular weight excluding hydrogens is 204 g/mol. The number of H-pyrrole nitrogens is 1. The van der Waals surface area contributed by atoms with Crippen LogP contribution in [0.25, 0.3) is 0 Å². The number of thiol groups is 1. The molecule has 1 aromatic rings. The highest BCUT2D eigenvalue weighted by Gasteiger charge is 2.07. The first kappa shape index (κ1) is 10.3. The molecule has 0 aliphatic heterocycles. The molecule has 0 saturated heterocycles. The van der Waals surface area contributed by atoms with Gasteiger partial charge in [0.05, 0.1) is 5.25 Å². The fourth-order valence-corrected chi connectivity index (χ4v) is 1.15. The van der Waals surface area contributed by atoms with Crippen LogP contribution in [-0.2, 0) is 0 Å². The van der Waals surface area contributed by atoms with Crippen molar-refractivity contribution in [2.75, 3.05) is 13.6 Å². The molecule has 0 radical (unpaired) electrons. The van der Waals surface area contributed by atoms with Gasteiger partial charge in [-0.3, -0.25) is 0 Å². The van der Waals surface area contributed by atoms with Crippen LogP contribution in [0.15, 0.2) is 12.4 Å². The molecule has 3 N–H and O–H groups in total. The van der Waals surface area contributed by atoms with E-state index in [0.717, 1.165) is 5.82 Å². The average molecular weight is 216 g/mol. The molecule has 72 valence electrons. The molecule has 0 aliphatic rings. The van der Waals surface area contributed by atoms with E-state index in [4.69, 9.17) is 12.2 Å². The van der Waals surface area contributed by atoms with E-state index in [2.05, 4.69) is 33.2 Å². The summed E-state index contributed by atoms with van der Waals surface area (Å²) in [6.07, 6.45) is 3.48. The molecule has 6 heteroatoms. The van der Waals surface area contributed by atoms with Gasteiger partial charge >= 0.3 is 0 Å². The lowest BCUT2D eigenvalue weighted by molar-refractivity contribution is 0.801. The third-order valence-corrected chi connectivity index (χ3v) is 2.29. The van der Waals surface area contributed by atoms with E-state index in [1.165, 1.54) is 0 Å². The van der Waals surface area contributed by atoms with E-state index in [1.54, 1.807) is 19.4 Å². The number of hydrogen-bond acceptors (Lipinski definition) is 3. The second-order valence-electron chi connectivity index (χ2n) is 2.45. The first-order chi connectivity index (χ1) is 6.24. The highest BCUT2D eigenvalue weighted by molar-refractivity contribution is 7.80. The first-order valence-corrected chi connectivity index (χ1v) is 4.79. The molecule has 0 spiro atoms. The third-order valence-electron chi connectivity index (χ3n) is 1.52. The van der Waals surface area contributed by atoms with E-state index >= 15 is 0 Å². The highest BCUT2D eigenvalue weighted by atomic mass is 32.1. The lowest BCUT2D eigenvalue weighted by Crippen LogP contribution is -2.34. The van der Waals surface area contributed by atoms with Crippen molar-refractivity contribution in [1.82, 2.24) is 20.6 Å². The number of nitrogens with zero attached hydrogens (tertiary/aromatic N) is 1. The molecule has 0 fully saturated rings. The molecule has 0 aromatic carbocycles. The molecule has 1 heterocycles. The quantitative estimate of drug-likeness (QED) is 0.438. The zero-order valence-corrected chi connectivity index (χ0v) is 8.95. The molecule has 1 atom stereocenters. The van der Waals surface area contributed by atoms with Gasteiger partial charge in [0.1, 0.15) is 5.82 Å². The van der Waals surface area contributed by atoms with Crippen LogP contribution >= 0.6 is 24.8 Å². The third kappa shape index (κ3) is 3.23. The van der Waals surface area contributed by atoms with Gasteiger partial charge in [-0.2, -0.15) is 12.6 Å². The Labute approximate surface area is 87.9 Å². The smallest absolute Gasteiger partial charge is 0.166 e. The van der Waals surface area contributed by atoms with Crippen LogP contribution in [0.4, 0.5) is 0 Å². The van der Waals surface area contributed by atoms with Gasteiger partial charge in [0.25, 0.3) is 0 Å². The van der Waals surface area contributed by atoms with Crippen molar-refractivity contribution in [3.8, 4) is 0 Å². The maximum atomic E-state index is 4.92. The number of imidazole rings is 1. The minimum absolute atomic E-state index is 0.0290. The first-order valence-electron chi connectivity index (χ1n) is 3.87. The van der Waals surface area contributed by atoms with Crippen LogP contribution in [0.2, 0.25) is 0 Å². The molecule has 0 saturated carbocycles. The van der Waals surface area contributed by atoms with E-state index in [1.807, 2.05) is 0 Å². The van der Waals surface area contributed by atoms with Gasteiger partial charge in [-0.1, -0.05) is 0 Å². The van der Waals surface area contributed by atoms with Crippen molar-refractivity contribution < 1.29 is 0 Å². The zero-order valence-electron chi connectivity index (χ0n) is 7.24. The predicted octanol–water partition coefficient (Wildman–Crippen LogP) is 0.474. The number of aromatic nitrogens is 2. The van der Waals surface area contributed by atoms with Crippen molar-refractivity contribution in [2.45, 2.75) is 5.25 Å². The number of aromatic amines is 1. The van der Waals surface area contributed by atoms with Gasteiger partial charge in [-0.25, -0.2) is 4.98 Å². The summed E-state index contributed by atoms with van der Waals surface area (Å²) in [7, 11) is 1.77. The van der Waals surface area contributed by atoms with Crippen molar-refractivity contribution >= 4 is 30.0 Å². The van der Waals surface area contributed by atoms with E-state index < -0.39 is 0 Å². The molecule has 1 rings (SSSR count). The second-order valence-corrected chi connectivity index (χ2v) is 3.48. The van der Waals surface area contributed by atoms with Crippen LogP contribution < -0.4 is 10.6 Å². The summed E-state index contributed by atoms with van der Waals surface area (Å²) < 4.78 is 0. The normalized spacial score (nSPS) is 12.2. The molecule has 0 amide bonds. The van der Waals surface area contributed by atoms with E-state index in [0.29, 0.717) is 11.7 Å². The topological polar surface area (TPSA) is 52.7 Å². The molecule has 0 bridgehead atoms. The maximum Gasteiger partial charge on any atom is 0.166 e. The molecular formula is C7H12N4S2. The highest BCUT2D eigenvalue weighted by Crippen LogP contribution is 2.13. The fraction of sp³-hybridized carbons (Fsp3) is 0.429. The minimum Gasteiger partial charge on any atom is -0.366 e. The summed E-state index contributed by atoms with van der Waals surface area (Å²) in [6.45, 7) is 0.649. The van der Waals surface area contributed by atoms with Crippen molar-refractivity contribution in [3.05, 3.63) is 18.2 Å². The molecule has 1 unspecified atom stereocenters. The zero-order chi connectivity index (χ0) is 9.68. The second kappa shape index (κ2) is 5.08. The Hall–Kier alpha value is -0.750. The summed E-state index contributed by atoms with van der Waals surface area (Å²) in [4.78, 5) is 7.07. The van der Waals surface area contributed by atoms with Gasteiger partial charge in [-0.05, 0) is 12.2 Å². The Balaban J connectivity index is 2.34. The lowest BCUT2D eigenvalue weighted by Gasteiger charge is -2.10. The van der Waals surface area contributed by atoms with Gasteiger partial charge < -0.3 is 15.6 Å². The van der Waals surface area contributed by atoms with Crippen LogP contribution in [0.3, 0.4) is 0 Å². The van der Waals surface area contributed by atoms with Gasteiger partial charge in [0.15, 0.2) is 5.11 Å². The standard InChI is InChI=1S/C7H12N4S2/c1-8-7(13)11-4-5(12)6-9-2-3-10-6/h2-3,5,12H,4H2,1H3,(H,9,10)(H2,8,11,13). The maximum absolute atomic E-state index is 4.92. The Bertz CT molecular complexity index is 259. The summed E-state index contributed by atoms with van der Waals surface area (Å²) >= 11 is 9.27. The Morgan fingerprint density at radius 3 is 3.15 bits per heavy atom. The Morgan fingerprint density at radius 1 is 1.85 bits per heavy atom. The number of hydrogen-bond donors (Lipinski definition) is 4. The van der Waals surface area contributed by atoms with Crippen LogP contribution in [0.5, 0.6) is 0 Å². The number of nitrogens with one attached hydrogen (secondary N) is 3. The average Bonchev–Trinajstić information content (AvgIpc) is 2.66. The van der Waals surface area contributed by atoms with Gasteiger partial charge in [0.2, 0.25) is 0 Å². The van der Waals surface area contributed by atoms with E-state index in [9.17, 15) is 0 Å². The summed E-state index contributed by atoms with van der Waals surface area (Å²) in [5, 5.41) is 6.47. The summed E-state index contributed by atoms with van der Waals surface area (Å²) in [6, 6.07) is 0. The molecule has 4 nitrogen and oxygen atoms in total. The fourth-order valence-electron chi connectivity index (χ4n) is 0.834. The molecule has 13 heavy (non-hydrogen) atoms. The van der Waals surface area contributed by atoms with Crippen LogP contribution in [0, 0.1) is 0 Å². The lowest BCUT2D eigenvalue weighted by atomic mass is 10.4. The molecule has 1 aromatic heterocycles. The van der Waals surface area contributed by atoms with Crippen molar-refractivity contribution in [2.24, 2.45) is 0 Å². The van der Waals surface area contributed by atoms with Crippen molar-refractivity contribution in [1.29, 1.82) is 0 Å². The van der Waals surface area contributed by atoms with Crippen molar-refractivity contribution in [3.63, 3.8) is 0 Å². The predicted molar refractivity (Wildman–Crippen MR) is 60.0 cm³/mol. The van der Waals surface area contributed by atoms with E-state index in [-0.39, 0.29) is 5.25 Å². The Kier molecular flexibility index (Phi) is 4.04. The number of thiocarbonyl (C=S) groups is 1. The SMILES string of the molecule is CNC(=S)NCC(S)c1ncc[nH]1. The van der Waals surface area contributed by atoms with Gasteiger partial charge in [-0.15, -0.1) is 0 Å². The van der Waals surface area contributed by atoms with Gasteiger partial charge in [0, 0.05) is 26.0 Å². The largest absolute Gasteiger partial charge is 0.366 e. The monoisotopic (exact) mass is 216 g/mol. The molecule has 0 aliphatic carbocycles. The minimum atomic E-state index is 0.0290. The summed E-state index contributed by atoms with van der Waals surface area (Å²) in [5.41, 5.74) is 0. The summed E-state index contributed by atoms with van der Waals surface area (Å²) in [5.74, 6) is 0.842. The number of rotatable bonds is 3. The Morgan fingerprint density at radius 2 is 2.62 bits per heavy atom. The van der Waals surface area contributed by atoms with Crippen LogP contribution in [-0.4, -0.2) is 28.7 Å². The van der Waals surface area contributed by atoms with Crippen LogP contribution in [0.1, 0.15) is 11.1 Å².